The molecule has 0 unspecified atom stereocenters. The van der Waals surface area contributed by atoms with E-state index in [9.17, 15) is 4.79 Å². The molecule has 0 aliphatic rings. The quantitative estimate of drug-likeness (QED) is 0.597. The topological polar surface area (TPSA) is 86.2 Å². The van der Waals surface area contributed by atoms with Gasteiger partial charge in [0.15, 0.2) is 5.69 Å². The molecule has 12 heavy (non-hydrogen) atoms. The molecule has 1 amide bonds. The number of hydrogen-bond acceptors (Lipinski definition) is 4. The highest BCUT2D eigenvalue weighted by molar-refractivity contribution is 5.97. The summed E-state index contributed by atoms with van der Waals surface area (Å²) in [5, 5.41) is 3.82. The van der Waals surface area contributed by atoms with E-state index in [0.29, 0.717) is 5.52 Å². The summed E-state index contributed by atoms with van der Waals surface area (Å²) < 4.78 is 1.44. The molecule has 2 heterocycles. The molecule has 0 saturated heterocycles. The Morgan fingerprint density at radius 2 is 2.42 bits per heavy atom. The van der Waals surface area contributed by atoms with Gasteiger partial charge < -0.3 is 5.73 Å². The average molecular weight is 163 g/mol. The zero-order chi connectivity index (χ0) is 8.55. The van der Waals surface area contributed by atoms with Crippen LogP contribution >= 0.6 is 0 Å². The van der Waals surface area contributed by atoms with Gasteiger partial charge in [-0.15, -0.1) is 0 Å². The third kappa shape index (κ3) is 0.815. The molecule has 0 aliphatic heterocycles. The van der Waals surface area contributed by atoms with Gasteiger partial charge in [0.1, 0.15) is 18.2 Å². The number of rotatable bonds is 1. The lowest BCUT2D eigenvalue weighted by atomic mass is 10.4. The van der Waals surface area contributed by atoms with E-state index in [1.165, 1.54) is 23.4 Å². The van der Waals surface area contributed by atoms with Crippen LogP contribution in [0, 0.1) is 0 Å². The summed E-state index contributed by atoms with van der Waals surface area (Å²) in [4.78, 5) is 18.3. The van der Waals surface area contributed by atoms with Crippen LogP contribution in [0.4, 0.5) is 0 Å². The molecule has 0 bridgehead atoms. The van der Waals surface area contributed by atoms with Crippen LogP contribution in [0.2, 0.25) is 0 Å². The number of carbonyl (C=O) groups excluding carboxylic acids is 1. The number of nitrogens with two attached hydrogens (primary N) is 1. The zero-order valence-electron chi connectivity index (χ0n) is 6.01. The van der Waals surface area contributed by atoms with Crippen molar-refractivity contribution in [3.8, 4) is 0 Å². The van der Waals surface area contributed by atoms with Crippen molar-refractivity contribution in [2.45, 2.75) is 0 Å². The minimum Gasteiger partial charge on any atom is -0.364 e. The predicted octanol–water partition coefficient (Wildman–Crippen LogP) is -0.777. The third-order valence-electron chi connectivity index (χ3n) is 1.46. The van der Waals surface area contributed by atoms with Crippen molar-refractivity contribution in [1.29, 1.82) is 0 Å². The summed E-state index contributed by atoms with van der Waals surface area (Å²) in [6.07, 6.45) is 4.26. The molecule has 2 aromatic rings. The Balaban J connectivity index is 2.79. The van der Waals surface area contributed by atoms with Crippen LogP contribution in [0.25, 0.3) is 5.52 Å². The monoisotopic (exact) mass is 163 g/mol. The summed E-state index contributed by atoms with van der Waals surface area (Å²) in [6, 6.07) is 0. The number of aromatic nitrogens is 4. The van der Waals surface area contributed by atoms with Crippen molar-refractivity contribution in [2.75, 3.05) is 0 Å². The highest BCUT2D eigenvalue weighted by atomic mass is 16.1. The molecule has 2 rings (SSSR count). The first kappa shape index (κ1) is 6.71. The lowest BCUT2D eigenvalue weighted by molar-refractivity contribution is 0.0997. The normalized spacial score (nSPS) is 10.3. The van der Waals surface area contributed by atoms with Crippen LogP contribution in [0.5, 0.6) is 0 Å². The summed E-state index contributed by atoms with van der Waals surface area (Å²) in [5.74, 6) is -0.577. The molecule has 6 heteroatoms. The molecule has 2 aromatic heterocycles. The average Bonchev–Trinajstić information content (AvgIpc) is 2.47. The minimum absolute atomic E-state index is 0.190. The second-order valence-corrected chi connectivity index (χ2v) is 2.20. The predicted molar refractivity (Wildman–Crippen MR) is 39.3 cm³/mol. The summed E-state index contributed by atoms with van der Waals surface area (Å²) >= 11 is 0. The molecule has 0 fully saturated rings. The number of carbonyl (C=O) groups is 1. The maximum absolute atomic E-state index is 10.8. The van der Waals surface area contributed by atoms with Gasteiger partial charge in [0.05, 0.1) is 6.20 Å². The Bertz CT molecular complexity index is 434. The lowest BCUT2D eigenvalue weighted by Gasteiger charge is -1.89. The van der Waals surface area contributed by atoms with Gasteiger partial charge in [-0.05, 0) is 0 Å². The third-order valence-corrected chi connectivity index (χ3v) is 1.46. The second kappa shape index (κ2) is 2.26. The minimum atomic E-state index is -0.577. The number of nitrogens with zero attached hydrogens (tertiary/aromatic N) is 4. The molecule has 0 aromatic carbocycles. The number of primary amides is 1. The molecular weight excluding hydrogens is 158 g/mol. The maximum atomic E-state index is 10.8. The van der Waals surface area contributed by atoms with Crippen molar-refractivity contribution < 1.29 is 4.79 Å². The molecule has 0 spiro atoms. The van der Waals surface area contributed by atoms with Crippen LogP contribution < -0.4 is 5.73 Å². The molecule has 0 radical (unpaired) electrons. The van der Waals surface area contributed by atoms with Crippen LogP contribution in [0.15, 0.2) is 18.9 Å². The van der Waals surface area contributed by atoms with E-state index >= 15 is 0 Å². The fourth-order valence-corrected chi connectivity index (χ4v) is 0.941. The van der Waals surface area contributed by atoms with E-state index in [2.05, 4.69) is 15.1 Å². The summed E-state index contributed by atoms with van der Waals surface area (Å²) in [7, 11) is 0. The highest BCUT2D eigenvalue weighted by Crippen LogP contribution is 2.03. The van der Waals surface area contributed by atoms with Crippen LogP contribution in [-0.2, 0) is 0 Å². The number of hydrogen-bond donors (Lipinski definition) is 1. The molecule has 2 N–H and O–H groups in total. The Morgan fingerprint density at radius 1 is 1.58 bits per heavy atom. The summed E-state index contributed by atoms with van der Waals surface area (Å²) in [6.45, 7) is 0. The first-order chi connectivity index (χ1) is 5.79. The van der Waals surface area contributed by atoms with E-state index in [4.69, 9.17) is 5.73 Å². The van der Waals surface area contributed by atoms with Crippen LogP contribution in [0.3, 0.4) is 0 Å². The van der Waals surface area contributed by atoms with Gasteiger partial charge in [-0.25, -0.2) is 14.5 Å². The molecule has 0 saturated carbocycles. The first-order valence-electron chi connectivity index (χ1n) is 3.22. The zero-order valence-corrected chi connectivity index (χ0v) is 6.01. The Hall–Kier alpha value is -1.98. The summed E-state index contributed by atoms with van der Waals surface area (Å²) in [5.41, 5.74) is 5.76. The Labute approximate surface area is 67.0 Å². The number of fused-ring (bicyclic) bond motifs is 1. The van der Waals surface area contributed by atoms with Crippen molar-refractivity contribution >= 4 is 11.4 Å². The van der Waals surface area contributed by atoms with Gasteiger partial charge in [0.25, 0.3) is 5.91 Å². The molecule has 0 aliphatic carbocycles. The van der Waals surface area contributed by atoms with E-state index in [1.54, 1.807) is 0 Å². The highest BCUT2D eigenvalue weighted by Gasteiger charge is 2.09. The van der Waals surface area contributed by atoms with Crippen LogP contribution in [0.1, 0.15) is 10.5 Å². The largest absolute Gasteiger partial charge is 0.364 e. The van der Waals surface area contributed by atoms with E-state index in [0.717, 1.165) is 0 Å². The van der Waals surface area contributed by atoms with Crippen molar-refractivity contribution in [1.82, 2.24) is 19.6 Å². The SMILES string of the molecule is NC(=O)c1ncn2ncncc12. The standard InChI is InChI=1S/C6H5N5O/c7-6(12)5-4-1-8-2-10-11(4)3-9-5/h1-3H,(H2,7,12). The van der Waals surface area contributed by atoms with E-state index in [-0.39, 0.29) is 5.69 Å². The second-order valence-electron chi connectivity index (χ2n) is 2.20. The lowest BCUT2D eigenvalue weighted by Crippen LogP contribution is -2.11. The smallest absolute Gasteiger partial charge is 0.269 e. The van der Waals surface area contributed by atoms with Gasteiger partial charge in [-0.2, -0.15) is 5.10 Å². The Morgan fingerprint density at radius 3 is 3.17 bits per heavy atom. The number of imidazole rings is 1. The van der Waals surface area contributed by atoms with Crippen molar-refractivity contribution in [3.05, 3.63) is 24.5 Å². The van der Waals surface area contributed by atoms with Crippen molar-refractivity contribution in [2.24, 2.45) is 5.73 Å². The fraction of sp³-hybridized carbons (Fsp3) is 0. The molecule has 6 nitrogen and oxygen atoms in total. The molecule has 60 valence electrons. The van der Waals surface area contributed by atoms with E-state index in [1.807, 2.05) is 0 Å². The first-order valence-corrected chi connectivity index (χ1v) is 3.22. The Kier molecular flexibility index (Phi) is 1.26. The van der Waals surface area contributed by atoms with Gasteiger partial charge in [-0.3, -0.25) is 4.79 Å². The fourth-order valence-electron chi connectivity index (χ4n) is 0.941. The van der Waals surface area contributed by atoms with Gasteiger partial charge in [-0.1, -0.05) is 0 Å². The molecular formula is C6H5N5O. The molecule has 0 atom stereocenters. The van der Waals surface area contributed by atoms with Crippen molar-refractivity contribution in [3.63, 3.8) is 0 Å². The van der Waals surface area contributed by atoms with Gasteiger partial charge in [0, 0.05) is 0 Å². The number of amides is 1. The van der Waals surface area contributed by atoms with Crippen LogP contribution in [-0.4, -0.2) is 25.5 Å². The van der Waals surface area contributed by atoms with Gasteiger partial charge in [0.2, 0.25) is 0 Å². The van der Waals surface area contributed by atoms with Gasteiger partial charge >= 0.3 is 0 Å². The van der Waals surface area contributed by atoms with E-state index < -0.39 is 5.91 Å². The maximum Gasteiger partial charge on any atom is 0.269 e.